The van der Waals surface area contributed by atoms with Gasteiger partial charge in [0.1, 0.15) is 16.7 Å². The second kappa shape index (κ2) is 6.05. The number of likely N-dealkylation sites (tertiary alicyclic amines) is 1. The van der Waals surface area contributed by atoms with E-state index in [1.807, 2.05) is 20.8 Å². The summed E-state index contributed by atoms with van der Waals surface area (Å²) in [4.78, 5) is 25.3. The van der Waals surface area contributed by atoms with E-state index in [0.29, 0.717) is 11.6 Å². The number of carbonyl (C=O) groups is 1. The van der Waals surface area contributed by atoms with Crippen LogP contribution in [-0.4, -0.2) is 39.3 Å². The fraction of sp³-hybridized carbons (Fsp3) is 0.769. The van der Waals surface area contributed by atoms with E-state index in [9.17, 15) is 9.59 Å². The number of ether oxygens (including phenoxy) is 1. The van der Waals surface area contributed by atoms with Crippen LogP contribution in [-0.2, 0) is 16.1 Å². The summed E-state index contributed by atoms with van der Waals surface area (Å²) in [6.45, 7) is 6.97. The van der Waals surface area contributed by atoms with E-state index in [1.165, 1.54) is 0 Å². The van der Waals surface area contributed by atoms with Crippen molar-refractivity contribution in [3.8, 4) is 0 Å². The SMILES string of the molecule is CC(C)(C)OC(=O)[C@@H]1CCCCN1Cc1n[nH]c(=O)s1. The van der Waals surface area contributed by atoms with Gasteiger partial charge in [0, 0.05) is 0 Å². The van der Waals surface area contributed by atoms with Crippen molar-refractivity contribution in [1.82, 2.24) is 15.1 Å². The molecule has 1 aliphatic heterocycles. The lowest BCUT2D eigenvalue weighted by molar-refractivity contribution is -0.163. The molecule has 7 heteroatoms. The van der Waals surface area contributed by atoms with Gasteiger partial charge in [0.2, 0.25) is 0 Å². The summed E-state index contributed by atoms with van der Waals surface area (Å²) in [7, 11) is 0. The highest BCUT2D eigenvalue weighted by atomic mass is 32.1. The van der Waals surface area contributed by atoms with Crippen LogP contribution >= 0.6 is 11.3 Å². The molecule has 112 valence electrons. The molecule has 0 radical (unpaired) electrons. The predicted octanol–water partition coefficient (Wildman–Crippen LogP) is 1.53. The molecular weight excluding hydrogens is 278 g/mol. The van der Waals surface area contributed by atoms with Crippen molar-refractivity contribution < 1.29 is 9.53 Å². The minimum absolute atomic E-state index is 0.161. The van der Waals surface area contributed by atoms with Gasteiger partial charge >= 0.3 is 10.8 Å². The Kier molecular flexibility index (Phi) is 4.59. The number of nitrogens with zero attached hydrogens (tertiary/aromatic N) is 2. The molecule has 1 aliphatic rings. The number of esters is 1. The fourth-order valence-electron chi connectivity index (χ4n) is 2.32. The Morgan fingerprint density at radius 1 is 1.50 bits per heavy atom. The molecule has 1 atom stereocenters. The number of carbonyl (C=O) groups excluding carboxylic acids is 1. The highest BCUT2D eigenvalue weighted by Crippen LogP contribution is 2.22. The Balaban J connectivity index is 2.05. The van der Waals surface area contributed by atoms with Crippen LogP contribution in [0.4, 0.5) is 0 Å². The lowest BCUT2D eigenvalue weighted by Gasteiger charge is -2.35. The van der Waals surface area contributed by atoms with Crippen LogP contribution in [0.3, 0.4) is 0 Å². The number of hydrogen-bond donors (Lipinski definition) is 1. The molecule has 2 rings (SSSR count). The molecule has 0 aromatic carbocycles. The first-order valence-corrected chi connectivity index (χ1v) is 7.68. The van der Waals surface area contributed by atoms with E-state index in [4.69, 9.17) is 4.74 Å². The van der Waals surface area contributed by atoms with Crippen molar-refractivity contribution in [3.63, 3.8) is 0 Å². The highest BCUT2D eigenvalue weighted by Gasteiger charge is 2.32. The van der Waals surface area contributed by atoms with Crippen LogP contribution in [0, 0.1) is 0 Å². The summed E-state index contributed by atoms with van der Waals surface area (Å²) in [6, 6.07) is -0.234. The molecule has 1 aromatic rings. The molecule has 1 fully saturated rings. The first-order chi connectivity index (χ1) is 9.35. The van der Waals surface area contributed by atoms with E-state index < -0.39 is 5.60 Å². The van der Waals surface area contributed by atoms with Gasteiger partial charge in [-0.25, -0.2) is 5.10 Å². The maximum Gasteiger partial charge on any atom is 0.323 e. The smallest absolute Gasteiger partial charge is 0.323 e. The Morgan fingerprint density at radius 3 is 2.85 bits per heavy atom. The molecular formula is C13H21N3O3S. The fourth-order valence-corrected chi connectivity index (χ4v) is 2.95. The number of rotatable bonds is 3. The molecule has 6 nitrogen and oxygen atoms in total. The number of nitrogens with one attached hydrogen (secondary N) is 1. The van der Waals surface area contributed by atoms with Crippen molar-refractivity contribution >= 4 is 17.3 Å². The third kappa shape index (κ3) is 4.14. The second-order valence-corrected chi connectivity index (χ2v) is 7.07. The maximum atomic E-state index is 12.3. The standard InChI is InChI=1S/C13H21N3O3S/c1-13(2,3)19-11(17)9-6-4-5-7-16(9)8-10-14-15-12(18)20-10/h9H,4-8H2,1-3H3,(H,15,18)/t9-/m0/s1. The zero-order valence-electron chi connectivity index (χ0n) is 12.1. The summed E-state index contributed by atoms with van der Waals surface area (Å²) >= 11 is 1.09. The van der Waals surface area contributed by atoms with E-state index in [1.54, 1.807) is 0 Å². The summed E-state index contributed by atoms with van der Waals surface area (Å²) in [5, 5.41) is 7.09. The molecule has 0 saturated carbocycles. The normalized spacial score (nSPS) is 20.9. The Morgan fingerprint density at radius 2 is 2.25 bits per heavy atom. The van der Waals surface area contributed by atoms with E-state index in [-0.39, 0.29) is 16.9 Å². The van der Waals surface area contributed by atoms with Gasteiger partial charge in [-0.3, -0.25) is 14.5 Å². The lowest BCUT2D eigenvalue weighted by Crippen LogP contribution is -2.46. The van der Waals surface area contributed by atoms with Gasteiger partial charge in [-0.2, -0.15) is 5.10 Å². The van der Waals surface area contributed by atoms with Gasteiger partial charge in [-0.05, 0) is 40.2 Å². The number of H-pyrrole nitrogens is 1. The zero-order valence-corrected chi connectivity index (χ0v) is 13.0. The van der Waals surface area contributed by atoms with Gasteiger partial charge in [0.05, 0.1) is 6.54 Å². The van der Waals surface area contributed by atoms with Crippen LogP contribution in [0.1, 0.15) is 45.0 Å². The monoisotopic (exact) mass is 299 g/mol. The second-order valence-electron chi connectivity index (χ2n) is 6.02. The van der Waals surface area contributed by atoms with Crippen molar-refractivity contribution in [1.29, 1.82) is 0 Å². The van der Waals surface area contributed by atoms with E-state index in [2.05, 4.69) is 15.1 Å². The lowest BCUT2D eigenvalue weighted by atomic mass is 10.0. The molecule has 2 heterocycles. The third-order valence-corrected chi connectivity index (χ3v) is 3.85. The summed E-state index contributed by atoms with van der Waals surface area (Å²) < 4.78 is 5.48. The quantitative estimate of drug-likeness (QED) is 0.857. The van der Waals surface area contributed by atoms with Crippen molar-refractivity contribution in [2.75, 3.05) is 6.54 Å². The zero-order chi connectivity index (χ0) is 14.8. The Labute approximate surface area is 122 Å². The molecule has 0 bridgehead atoms. The molecule has 0 unspecified atom stereocenters. The van der Waals surface area contributed by atoms with E-state index in [0.717, 1.165) is 37.1 Å². The molecule has 0 aliphatic carbocycles. The van der Waals surface area contributed by atoms with Crippen LogP contribution in [0.15, 0.2) is 4.79 Å². The van der Waals surface area contributed by atoms with Gasteiger partial charge in [-0.1, -0.05) is 17.8 Å². The maximum absolute atomic E-state index is 12.3. The molecule has 0 spiro atoms. The molecule has 1 N–H and O–H groups in total. The summed E-state index contributed by atoms with van der Waals surface area (Å²) in [5.41, 5.74) is -0.475. The highest BCUT2D eigenvalue weighted by molar-refractivity contribution is 7.08. The summed E-state index contributed by atoms with van der Waals surface area (Å²) in [6.07, 6.45) is 2.88. The topological polar surface area (TPSA) is 75.3 Å². The molecule has 0 amide bonds. The van der Waals surface area contributed by atoms with Gasteiger partial charge in [-0.15, -0.1) is 0 Å². The molecule has 20 heavy (non-hydrogen) atoms. The minimum Gasteiger partial charge on any atom is -0.459 e. The number of aromatic nitrogens is 2. The number of aromatic amines is 1. The molecule has 1 aromatic heterocycles. The average Bonchev–Trinajstić information content (AvgIpc) is 2.73. The Hall–Kier alpha value is -1.21. The van der Waals surface area contributed by atoms with Crippen molar-refractivity contribution in [2.24, 2.45) is 0 Å². The van der Waals surface area contributed by atoms with Crippen LogP contribution in [0.5, 0.6) is 0 Å². The van der Waals surface area contributed by atoms with E-state index >= 15 is 0 Å². The largest absolute Gasteiger partial charge is 0.459 e. The minimum atomic E-state index is -0.475. The summed E-state index contributed by atoms with van der Waals surface area (Å²) in [5.74, 6) is -0.180. The number of piperidine rings is 1. The number of hydrogen-bond acceptors (Lipinski definition) is 6. The van der Waals surface area contributed by atoms with Gasteiger partial charge in [0.25, 0.3) is 0 Å². The average molecular weight is 299 g/mol. The third-order valence-electron chi connectivity index (χ3n) is 3.11. The first kappa shape index (κ1) is 15.2. The van der Waals surface area contributed by atoms with Crippen LogP contribution < -0.4 is 4.87 Å². The van der Waals surface area contributed by atoms with Gasteiger partial charge in [0.15, 0.2) is 0 Å². The Bertz CT molecular complexity index is 517. The van der Waals surface area contributed by atoms with Crippen LogP contribution in [0.25, 0.3) is 0 Å². The van der Waals surface area contributed by atoms with Crippen LogP contribution in [0.2, 0.25) is 0 Å². The van der Waals surface area contributed by atoms with Crippen molar-refractivity contribution in [3.05, 3.63) is 14.7 Å². The first-order valence-electron chi connectivity index (χ1n) is 6.86. The predicted molar refractivity (Wildman–Crippen MR) is 76.6 cm³/mol. The van der Waals surface area contributed by atoms with Crippen molar-refractivity contribution in [2.45, 2.75) is 58.2 Å². The van der Waals surface area contributed by atoms with Gasteiger partial charge < -0.3 is 4.74 Å². The molecule has 1 saturated heterocycles.